The normalized spacial score (nSPS) is 15.8. The van der Waals surface area contributed by atoms with Crippen LogP contribution in [0.4, 0.5) is 10.1 Å². The SMILES string of the molecule is O=C(N/N=C\c1cccc(OCc2ccccc2)c1)[C@H]1CC(=O)N(c2ccc(F)cc2)C1. The van der Waals surface area contributed by atoms with Gasteiger partial charge in [0, 0.05) is 18.7 Å². The zero-order valence-corrected chi connectivity index (χ0v) is 17.3. The molecule has 3 aromatic rings. The Morgan fingerprint density at radius 2 is 1.88 bits per heavy atom. The van der Waals surface area contributed by atoms with E-state index in [9.17, 15) is 14.0 Å². The van der Waals surface area contributed by atoms with Crippen LogP contribution in [0.2, 0.25) is 0 Å². The number of nitrogens with zero attached hydrogens (tertiary/aromatic N) is 2. The molecule has 32 heavy (non-hydrogen) atoms. The van der Waals surface area contributed by atoms with Gasteiger partial charge in [0.1, 0.15) is 18.2 Å². The number of hydrogen-bond donors (Lipinski definition) is 1. The van der Waals surface area contributed by atoms with Crippen LogP contribution in [-0.2, 0) is 16.2 Å². The maximum Gasteiger partial charge on any atom is 0.245 e. The molecule has 3 aromatic carbocycles. The lowest BCUT2D eigenvalue weighted by atomic mass is 10.1. The minimum absolute atomic E-state index is 0.0849. The van der Waals surface area contributed by atoms with Crippen LogP contribution >= 0.6 is 0 Å². The first-order valence-corrected chi connectivity index (χ1v) is 10.2. The summed E-state index contributed by atoms with van der Waals surface area (Å²) in [5, 5.41) is 4.02. The van der Waals surface area contributed by atoms with Crippen LogP contribution in [0.25, 0.3) is 0 Å². The fourth-order valence-corrected chi connectivity index (χ4v) is 3.44. The summed E-state index contributed by atoms with van der Waals surface area (Å²) in [6, 6.07) is 22.9. The van der Waals surface area contributed by atoms with Crippen molar-refractivity contribution in [2.75, 3.05) is 11.4 Å². The number of nitrogens with one attached hydrogen (secondary N) is 1. The van der Waals surface area contributed by atoms with E-state index < -0.39 is 5.92 Å². The Bertz CT molecular complexity index is 1120. The predicted octanol–water partition coefficient (Wildman–Crippen LogP) is 3.91. The molecular formula is C25H22FN3O3. The minimum Gasteiger partial charge on any atom is -0.489 e. The number of hydrazone groups is 1. The zero-order chi connectivity index (χ0) is 22.3. The summed E-state index contributed by atoms with van der Waals surface area (Å²) in [7, 11) is 0. The molecular weight excluding hydrogens is 409 g/mol. The quantitative estimate of drug-likeness (QED) is 0.456. The molecule has 7 heteroatoms. The molecule has 0 radical (unpaired) electrons. The Hall–Kier alpha value is -4.00. The second kappa shape index (κ2) is 9.87. The lowest BCUT2D eigenvalue weighted by Crippen LogP contribution is -2.30. The molecule has 0 aromatic heterocycles. The third kappa shape index (κ3) is 5.37. The Morgan fingerprint density at radius 1 is 1.09 bits per heavy atom. The minimum atomic E-state index is -0.523. The van der Waals surface area contributed by atoms with Crippen LogP contribution in [0.3, 0.4) is 0 Å². The van der Waals surface area contributed by atoms with Gasteiger partial charge in [-0.3, -0.25) is 9.59 Å². The Balaban J connectivity index is 1.30. The first kappa shape index (κ1) is 21.2. The topological polar surface area (TPSA) is 71.0 Å². The van der Waals surface area contributed by atoms with E-state index in [4.69, 9.17) is 4.74 Å². The second-order valence-electron chi connectivity index (χ2n) is 7.46. The molecule has 1 heterocycles. The van der Waals surface area contributed by atoms with E-state index >= 15 is 0 Å². The molecule has 1 fully saturated rings. The maximum absolute atomic E-state index is 13.1. The first-order valence-electron chi connectivity index (χ1n) is 10.2. The average molecular weight is 431 g/mol. The highest BCUT2D eigenvalue weighted by Gasteiger charge is 2.35. The molecule has 0 unspecified atom stereocenters. The lowest BCUT2D eigenvalue weighted by Gasteiger charge is -2.16. The highest BCUT2D eigenvalue weighted by Crippen LogP contribution is 2.25. The van der Waals surface area contributed by atoms with Crippen LogP contribution in [-0.4, -0.2) is 24.6 Å². The molecule has 4 rings (SSSR count). The van der Waals surface area contributed by atoms with Crippen molar-refractivity contribution in [2.45, 2.75) is 13.0 Å². The number of anilines is 1. The van der Waals surface area contributed by atoms with Gasteiger partial charge in [-0.15, -0.1) is 0 Å². The van der Waals surface area contributed by atoms with Crippen LogP contribution < -0.4 is 15.1 Å². The standard InChI is InChI=1S/C25H22FN3O3/c26-21-9-11-22(12-10-21)29-16-20(14-24(29)30)25(31)28-27-15-19-7-4-8-23(13-19)32-17-18-5-2-1-3-6-18/h1-13,15,20H,14,16-17H2,(H,28,31)/b27-15-/t20-/m0/s1. The largest absolute Gasteiger partial charge is 0.489 e. The van der Waals surface area contributed by atoms with Crippen LogP contribution in [0, 0.1) is 11.7 Å². The van der Waals surface area contributed by atoms with E-state index in [1.807, 2.05) is 54.6 Å². The monoisotopic (exact) mass is 431 g/mol. The number of carbonyl (C=O) groups is 2. The van der Waals surface area contributed by atoms with Crippen LogP contribution in [0.5, 0.6) is 5.75 Å². The average Bonchev–Trinajstić information content (AvgIpc) is 3.21. The fraction of sp³-hybridized carbons (Fsp3) is 0.160. The van der Waals surface area contributed by atoms with Crippen molar-refractivity contribution in [3.8, 4) is 5.75 Å². The predicted molar refractivity (Wildman–Crippen MR) is 120 cm³/mol. The summed E-state index contributed by atoms with van der Waals surface area (Å²) >= 11 is 0. The summed E-state index contributed by atoms with van der Waals surface area (Å²) in [6.07, 6.45) is 1.61. The molecule has 1 atom stereocenters. The van der Waals surface area contributed by atoms with E-state index in [1.165, 1.54) is 35.4 Å². The smallest absolute Gasteiger partial charge is 0.245 e. The first-order chi connectivity index (χ1) is 15.6. The molecule has 0 spiro atoms. The lowest BCUT2D eigenvalue weighted by molar-refractivity contribution is -0.126. The summed E-state index contributed by atoms with van der Waals surface area (Å²) in [6.45, 7) is 0.688. The number of ether oxygens (including phenoxy) is 1. The van der Waals surface area contributed by atoms with E-state index in [1.54, 1.807) is 0 Å². The Kier molecular flexibility index (Phi) is 6.55. The van der Waals surface area contributed by atoms with Crippen molar-refractivity contribution in [3.05, 3.63) is 95.8 Å². The number of rotatable bonds is 7. The van der Waals surface area contributed by atoms with Gasteiger partial charge in [0.25, 0.3) is 0 Å². The zero-order valence-electron chi connectivity index (χ0n) is 17.3. The van der Waals surface area contributed by atoms with Crippen LogP contribution in [0.1, 0.15) is 17.5 Å². The van der Waals surface area contributed by atoms with Gasteiger partial charge in [-0.1, -0.05) is 42.5 Å². The summed E-state index contributed by atoms with van der Waals surface area (Å²) < 4.78 is 18.9. The van der Waals surface area contributed by atoms with Gasteiger partial charge in [0.15, 0.2) is 0 Å². The van der Waals surface area contributed by atoms with Gasteiger partial charge in [0.05, 0.1) is 12.1 Å². The van der Waals surface area contributed by atoms with Crippen LogP contribution in [0.15, 0.2) is 84.0 Å². The van der Waals surface area contributed by atoms with Crippen molar-refractivity contribution >= 4 is 23.7 Å². The highest BCUT2D eigenvalue weighted by atomic mass is 19.1. The molecule has 162 valence electrons. The molecule has 0 bridgehead atoms. The number of carbonyl (C=O) groups excluding carboxylic acids is 2. The maximum atomic E-state index is 13.1. The molecule has 1 aliphatic heterocycles. The molecule has 2 amide bonds. The molecule has 1 saturated heterocycles. The van der Waals surface area contributed by atoms with Crippen molar-refractivity contribution in [2.24, 2.45) is 11.0 Å². The molecule has 0 saturated carbocycles. The highest BCUT2D eigenvalue weighted by molar-refractivity contribution is 6.00. The van der Waals surface area contributed by atoms with Gasteiger partial charge in [-0.2, -0.15) is 5.10 Å². The summed E-state index contributed by atoms with van der Waals surface area (Å²) in [5.74, 6) is -0.719. The fourth-order valence-electron chi connectivity index (χ4n) is 3.44. The third-order valence-electron chi connectivity index (χ3n) is 5.13. The molecule has 1 N–H and O–H groups in total. The number of benzene rings is 3. The molecule has 0 aliphatic carbocycles. The molecule has 1 aliphatic rings. The van der Waals surface area contributed by atoms with Gasteiger partial charge in [-0.25, -0.2) is 9.82 Å². The van der Waals surface area contributed by atoms with E-state index in [-0.39, 0.29) is 30.6 Å². The summed E-state index contributed by atoms with van der Waals surface area (Å²) in [5.41, 5.74) is 4.91. The van der Waals surface area contributed by atoms with Gasteiger partial charge in [0.2, 0.25) is 11.8 Å². The van der Waals surface area contributed by atoms with Crippen molar-refractivity contribution in [3.63, 3.8) is 0 Å². The van der Waals surface area contributed by atoms with E-state index in [0.29, 0.717) is 18.0 Å². The third-order valence-corrected chi connectivity index (χ3v) is 5.13. The van der Waals surface area contributed by atoms with Crippen molar-refractivity contribution in [1.29, 1.82) is 0 Å². The number of halogens is 1. The number of amides is 2. The van der Waals surface area contributed by atoms with Gasteiger partial charge in [-0.05, 0) is 47.5 Å². The van der Waals surface area contributed by atoms with E-state index in [0.717, 1.165) is 11.1 Å². The Labute approximate surface area is 185 Å². The van der Waals surface area contributed by atoms with Crippen molar-refractivity contribution < 1.29 is 18.7 Å². The Morgan fingerprint density at radius 3 is 2.66 bits per heavy atom. The number of hydrogen-bond acceptors (Lipinski definition) is 4. The van der Waals surface area contributed by atoms with Gasteiger partial charge < -0.3 is 9.64 Å². The van der Waals surface area contributed by atoms with Crippen molar-refractivity contribution in [1.82, 2.24) is 5.43 Å². The summed E-state index contributed by atoms with van der Waals surface area (Å²) in [4.78, 5) is 26.2. The van der Waals surface area contributed by atoms with E-state index in [2.05, 4.69) is 10.5 Å². The van der Waals surface area contributed by atoms with Gasteiger partial charge >= 0.3 is 0 Å². The molecule has 6 nitrogen and oxygen atoms in total. The second-order valence-corrected chi connectivity index (χ2v) is 7.46.